The number of likely N-dealkylation sites (N-methyl/N-ethyl adjacent to an activating group) is 1. The summed E-state index contributed by atoms with van der Waals surface area (Å²) in [4.78, 5) is 67.4. The largest absolute Gasteiger partial charge is 0.497 e. The van der Waals surface area contributed by atoms with Gasteiger partial charge in [-0.05, 0) is 56.2 Å². The van der Waals surface area contributed by atoms with E-state index in [4.69, 9.17) is 14.2 Å². The summed E-state index contributed by atoms with van der Waals surface area (Å²) in [5.74, 6) is -1.43. The predicted molar refractivity (Wildman–Crippen MR) is 166 cm³/mol. The first-order chi connectivity index (χ1) is 21.5. The normalized spacial score (nSPS) is 20.1. The molecule has 1 aliphatic heterocycles. The molecule has 13 nitrogen and oxygen atoms in total. The second-order valence-electron chi connectivity index (χ2n) is 11.0. The minimum absolute atomic E-state index is 0.0367. The summed E-state index contributed by atoms with van der Waals surface area (Å²) < 4.78 is 16.7. The number of fused-ring (bicyclic) bond motifs is 1. The van der Waals surface area contributed by atoms with Gasteiger partial charge in [0.05, 0.1) is 38.2 Å². The lowest BCUT2D eigenvalue weighted by atomic mass is 10.0. The molecule has 244 valence electrons. The molecule has 5 amide bonds. The van der Waals surface area contributed by atoms with E-state index in [2.05, 4.69) is 21.3 Å². The third-order valence-corrected chi connectivity index (χ3v) is 7.07. The second kappa shape index (κ2) is 16.9. The number of nitrogens with one attached hydrogen (secondary N) is 4. The minimum Gasteiger partial charge on any atom is -0.497 e. The second-order valence-corrected chi connectivity index (χ2v) is 11.0. The third-order valence-electron chi connectivity index (χ3n) is 7.07. The van der Waals surface area contributed by atoms with Crippen molar-refractivity contribution in [2.75, 3.05) is 40.0 Å². The average Bonchev–Trinajstić information content (AvgIpc) is 3.02. The first kappa shape index (κ1) is 34.7. The zero-order chi connectivity index (χ0) is 32.9. The molecule has 0 aromatic heterocycles. The molecule has 2 aromatic rings. The first-order valence-corrected chi connectivity index (χ1v) is 15.0. The van der Waals surface area contributed by atoms with Gasteiger partial charge in [0.2, 0.25) is 23.6 Å². The highest BCUT2D eigenvalue weighted by molar-refractivity contribution is 6.01. The smallest absolute Gasteiger partial charge is 0.255 e. The number of carbonyl (C=O) groups is 5. The Hall–Kier alpha value is -4.81. The lowest BCUT2D eigenvalue weighted by Gasteiger charge is -2.27. The van der Waals surface area contributed by atoms with Crippen LogP contribution in [0.2, 0.25) is 0 Å². The van der Waals surface area contributed by atoms with Crippen LogP contribution < -0.4 is 35.5 Å². The van der Waals surface area contributed by atoms with Gasteiger partial charge in [-0.1, -0.05) is 26.0 Å². The highest BCUT2D eigenvalue weighted by atomic mass is 16.5. The third kappa shape index (κ3) is 10.4. The number of benzene rings is 2. The van der Waals surface area contributed by atoms with Gasteiger partial charge >= 0.3 is 0 Å². The monoisotopic (exact) mass is 625 g/mol. The molecule has 2 aromatic carbocycles. The SMILES string of the molecule is CCN1CC(=O)N[C@H](C(C)C)C(=O)N[C@@H](C)COc2ccccc2C(=O)N[C@H](C(=O)NCCOc2ccc(OC)cc2)CC1=O. The quantitative estimate of drug-likeness (QED) is 0.319. The van der Waals surface area contributed by atoms with Crippen molar-refractivity contribution in [3.05, 3.63) is 54.1 Å². The van der Waals surface area contributed by atoms with Crippen molar-refractivity contribution in [3.63, 3.8) is 0 Å². The van der Waals surface area contributed by atoms with Crippen LogP contribution in [0.1, 0.15) is 44.5 Å². The summed E-state index contributed by atoms with van der Waals surface area (Å²) in [6.07, 6.45) is -0.411. The number of carbonyl (C=O) groups excluding carboxylic acids is 5. The Bertz CT molecular complexity index is 1330. The van der Waals surface area contributed by atoms with E-state index in [1.54, 1.807) is 77.3 Å². The highest BCUT2D eigenvalue weighted by Gasteiger charge is 2.30. The summed E-state index contributed by atoms with van der Waals surface area (Å²) in [5, 5.41) is 10.9. The number of rotatable bonds is 8. The van der Waals surface area contributed by atoms with Gasteiger partial charge in [0.15, 0.2) is 0 Å². The summed E-state index contributed by atoms with van der Waals surface area (Å²) in [5.41, 5.74) is 0.151. The fourth-order valence-corrected chi connectivity index (χ4v) is 4.56. The van der Waals surface area contributed by atoms with Crippen molar-refractivity contribution in [1.29, 1.82) is 0 Å². The summed E-state index contributed by atoms with van der Waals surface area (Å²) in [6, 6.07) is 10.9. The Morgan fingerprint density at radius 2 is 1.71 bits per heavy atom. The average molecular weight is 626 g/mol. The van der Waals surface area contributed by atoms with E-state index in [1.807, 2.05) is 0 Å². The maximum absolute atomic E-state index is 13.4. The van der Waals surface area contributed by atoms with E-state index in [-0.39, 0.29) is 50.1 Å². The molecule has 3 rings (SSSR count). The molecule has 3 atom stereocenters. The Morgan fingerprint density at radius 1 is 1.02 bits per heavy atom. The van der Waals surface area contributed by atoms with Gasteiger partial charge in [0.25, 0.3) is 5.91 Å². The van der Waals surface area contributed by atoms with Crippen LogP contribution in [0.4, 0.5) is 0 Å². The van der Waals surface area contributed by atoms with E-state index in [9.17, 15) is 24.0 Å². The van der Waals surface area contributed by atoms with E-state index in [1.165, 1.54) is 11.0 Å². The molecule has 0 aliphatic carbocycles. The first-order valence-electron chi connectivity index (χ1n) is 15.0. The van der Waals surface area contributed by atoms with Crippen molar-refractivity contribution < 1.29 is 38.2 Å². The lowest BCUT2D eigenvalue weighted by Crippen LogP contribution is -2.55. The number of hydrogen-bond acceptors (Lipinski definition) is 8. The van der Waals surface area contributed by atoms with Gasteiger partial charge in [-0.25, -0.2) is 0 Å². The standard InChI is InChI=1S/C32H43N5O8/c1-6-37-18-27(38)36-29(20(2)3)32(42)34-21(4)19-45-26-10-8-7-9-24(26)30(40)35-25(17-28(37)39)31(41)33-15-16-44-23-13-11-22(43-5)12-14-23/h7-14,20-21,25,29H,6,15-19H2,1-5H3,(H,33,41)(H,34,42)(H,35,40)(H,36,38)/t21-,25-,29+/m0/s1. The molecule has 0 fully saturated rings. The highest BCUT2D eigenvalue weighted by Crippen LogP contribution is 2.19. The van der Waals surface area contributed by atoms with E-state index in [0.29, 0.717) is 11.5 Å². The Kier molecular flexibility index (Phi) is 13.0. The summed E-state index contributed by atoms with van der Waals surface area (Å²) in [6.45, 7) is 7.14. The zero-order valence-corrected chi connectivity index (χ0v) is 26.4. The van der Waals surface area contributed by atoms with Crippen molar-refractivity contribution in [2.24, 2.45) is 5.92 Å². The Morgan fingerprint density at radius 3 is 2.38 bits per heavy atom. The predicted octanol–water partition coefficient (Wildman–Crippen LogP) is 1.27. The van der Waals surface area contributed by atoms with Crippen LogP contribution in [0.25, 0.3) is 0 Å². The Balaban J connectivity index is 1.82. The number of para-hydroxylation sites is 1. The van der Waals surface area contributed by atoms with Crippen LogP contribution in [0.15, 0.2) is 48.5 Å². The fraction of sp³-hybridized carbons (Fsp3) is 0.469. The molecule has 0 saturated carbocycles. The number of amides is 5. The minimum atomic E-state index is -1.27. The molecule has 45 heavy (non-hydrogen) atoms. The van der Waals surface area contributed by atoms with Gasteiger partial charge in [0, 0.05) is 6.54 Å². The van der Waals surface area contributed by atoms with Crippen molar-refractivity contribution in [1.82, 2.24) is 26.2 Å². The van der Waals surface area contributed by atoms with Crippen molar-refractivity contribution in [2.45, 2.75) is 52.2 Å². The van der Waals surface area contributed by atoms with Gasteiger partial charge in [-0.15, -0.1) is 0 Å². The zero-order valence-electron chi connectivity index (χ0n) is 26.4. The van der Waals surface area contributed by atoms with Crippen LogP contribution in [-0.4, -0.2) is 92.5 Å². The molecular formula is C32H43N5O8. The molecular weight excluding hydrogens is 582 g/mol. The molecule has 0 bridgehead atoms. The van der Waals surface area contributed by atoms with Gasteiger partial charge in [-0.2, -0.15) is 0 Å². The van der Waals surface area contributed by atoms with E-state index < -0.39 is 54.1 Å². The maximum atomic E-state index is 13.4. The molecule has 0 spiro atoms. The molecule has 0 saturated heterocycles. The van der Waals surface area contributed by atoms with Gasteiger partial charge in [0.1, 0.15) is 42.5 Å². The topological polar surface area (TPSA) is 164 Å². The van der Waals surface area contributed by atoms with Crippen LogP contribution in [-0.2, 0) is 19.2 Å². The molecule has 4 N–H and O–H groups in total. The van der Waals surface area contributed by atoms with Crippen LogP contribution in [0.3, 0.4) is 0 Å². The fourth-order valence-electron chi connectivity index (χ4n) is 4.56. The molecule has 1 heterocycles. The maximum Gasteiger partial charge on any atom is 0.255 e. The number of nitrogens with zero attached hydrogens (tertiary/aromatic N) is 1. The van der Waals surface area contributed by atoms with Gasteiger partial charge < -0.3 is 40.4 Å². The van der Waals surface area contributed by atoms with E-state index in [0.717, 1.165) is 0 Å². The van der Waals surface area contributed by atoms with Crippen molar-refractivity contribution in [3.8, 4) is 17.2 Å². The van der Waals surface area contributed by atoms with E-state index >= 15 is 0 Å². The lowest BCUT2D eigenvalue weighted by molar-refractivity contribution is -0.138. The number of ether oxygens (including phenoxy) is 3. The van der Waals surface area contributed by atoms with Crippen LogP contribution in [0, 0.1) is 5.92 Å². The molecule has 0 unspecified atom stereocenters. The number of hydrogen-bond donors (Lipinski definition) is 4. The van der Waals surface area contributed by atoms with Crippen LogP contribution >= 0.6 is 0 Å². The van der Waals surface area contributed by atoms with Crippen LogP contribution in [0.5, 0.6) is 17.2 Å². The molecule has 0 radical (unpaired) electrons. The van der Waals surface area contributed by atoms with Gasteiger partial charge in [-0.3, -0.25) is 24.0 Å². The molecule has 13 heteroatoms. The Labute approximate surface area is 263 Å². The summed E-state index contributed by atoms with van der Waals surface area (Å²) >= 11 is 0. The van der Waals surface area contributed by atoms with Crippen molar-refractivity contribution >= 4 is 29.5 Å². The number of methoxy groups -OCH3 is 1. The summed E-state index contributed by atoms with van der Waals surface area (Å²) in [7, 11) is 1.56. The molecule has 1 aliphatic rings.